The number of fused-ring (bicyclic) bond motifs is 1. The molecule has 3 aromatic rings. The number of rotatable bonds is 5. The highest BCUT2D eigenvalue weighted by molar-refractivity contribution is 7.19. The molecular formula is C18H15Cl2NO3S. The zero-order chi connectivity index (χ0) is 18.1. The molecule has 0 atom stereocenters. The Morgan fingerprint density at radius 3 is 2.68 bits per heavy atom. The van der Waals surface area contributed by atoms with Crippen LogP contribution < -0.4 is 0 Å². The summed E-state index contributed by atoms with van der Waals surface area (Å²) < 4.78 is 7.75. The lowest BCUT2D eigenvalue weighted by molar-refractivity contribution is 0.0513. The first-order chi connectivity index (χ1) is 12.0. The van der Waals surface area contributed by atoms with E-state index in [1.165, 1.54) is 11.3 Å². The van der Waals surface area contributed by atoms with Gasteiger partial charge in [0.2, 0.25) is 0 Å². The molecule has 0 spiro atoms. The van der Waals surface area contributed by atoms with Crippen molar-refractivity contribution in [1.82, 2.24) is 4.57 Å². The van der Waals surface area contributed by atoms with E-state index < -0.39 is 5.97 Å². The van der Waals surface area contributed by atoms with Crippen molar-refractivity contribution in [3.8, 4) is 0 Å². The van der Waals surface area contributed by atoms with Crippen molar-refractivity contribution in [2.24, 2.45) is 0 Å². The van der Waals surface area contributed by atoms with E-state index >= 15 is 0 Å². The Morgan fingerprint density at radius 1 is 1.28 bits per heavy atom. The number of thiophene rings is 1. The van der Waals surface area contributed by atoms with Crippen LogP contribution in [0.15, 0.2) is 24.3 Å². The summed E-state index contributed by atoms with van der Waals surface area (Å²) in [5, 5.41) is 0.908. The van der Waals surface area contributed by atoms with Gasteiger partial charge in [-0.2, -0.15) is 0 Å². The monoisotopic (exact) mass is 395 g/mol. The zero-order valence-electron chi connectivity index (χ0n) is 13.6. The average molecular weight is 396 g/mol. The Kier molecular flexibility index (Phi) is 5.18. The minimum atomic E-state index is -0.509. The molecule has 0 aliphatic heterocycles. The number of esters is 1. The van der Waals surface area contributed by atoms with Gasteiger partial charge in [0.25, 0.3) is 0 Å². The van der Waals surface area contributed by atoms with Crippen LogP contribution in [-0.4, -0.2) is 23.4 Å². The Bertz CT molecular complexity index is 975. The highest BCUT2D eigenvalue weighted by Crippen LogP contribution is 2.34. The van der Waals surface area contributed by atoms with Gasteiger partial charge < -0.3 is 9.30 Å². The van der Waals surface area contributed by atoms with Gasteiger partial charge in [-0.3, -0.25) is 4.79 Å². The van der Waals surface area contributed by atoms with Crippen LogP contribution in [0.1, 0.15) is 38.2 Å². The van der Waals surface area contributed by atoms with Gasteiger partial charge in [0.1, 0.15) is 5.69 Å². The number of benzene rings is 1. The van der Waals surface area contributed by atoms with Crippen LogP contribution in [0.3, 0.4) is 0 Å². The lowest BCUT2D eigenvalue weighted by Crippen LogP contribution is -2.15. The van der Waals surface area contributed by atoms with Gasteiger partial charge >= 0.3 is 5.97 Å². The zero-order valence-corrected chi connectivity index (χ0v) is 16.0. The number of carbonyl (C=O) groups is 2. The van der Waals surface area contributed by atoms with Crippen molar-refractivity contribution in [2.45, 2.75) is 20.4 Å². The van der Waals surface area contributed by atoms with E-state index in [0.717, 1.165) is 26.9 Å². The van der Waals surface area contributed by atoms with E-state index in [-0.39, 0.29) is 12.3 Å². The molecule has 0 aliphatic carbocycles. The van der Waals surface area contributed by atoms with E-state index in [2.05, 4.69) is 0 Å². The summed E-state index contributed by atoms with van der Waals surface area (Å²) in [7, 11) is 0. The molecule has 2 heterocycles. The predicted molar refractivity (Wildman–Crippen MR) is 101 cm³/mol. The van der Waals surface area contributed by atoms with E-state index in [4.69, 9.17) is 27.9 Å². The fourth-order valence-corrected chi connectivity index (χ4v) is 4.12. The summed E-state index contributed by atoms with van der Waals surface area (Å²) in [6.07, 6.45) is 0.718. The van der Waals surface area contributed by atoms with E-state index in [9.17, 15) is 9.59 Å². The number of aldehydes is 1. The van der Waals surface area contributed by atoms with Gasteiger partial charge in [0.15, 0.2) is 6.29 Å². The largest absolute Gasteiger partial charge is 0.461 e. The van der Waals surface area contributed by atoms with Crippen molar-refractivity contribution < 1.29 is 14.3 Å². The third kappa shape index (κ3) is 3.32. The molecule has 1 aromatic carbocycles. The van der Waals surface area contributed by atoms with Crippen molar-refractivity contribution in [3.05, 3.63) is 56.0 Å². The molecule has 3 rings (SSSR count). The van der Waals surface area contributed by atoms with Gasteiger partial charge in [-0.1, -0.05) is 29.3 Å². The van der Waals surface area contributed by atoms with Gasteiger partial charge in [0.05, 0.1) is 32.4 Å². The maximum atomic E-state index is 12.5. The van der Waals surface area contributed by atoms with E-state index in [0.29, 0.717) is 22.2 Å². The molecule has 7 heteroatoms. The third-order valence-electron chi connectivity index (χ3n) is 3.81. The topological polar surface area (TPSA) is 48.3 Å². The summed E-state index contributed by atoms with van der Waals surface area (Å²) in [5.74, 6) is -0.509. The van der Waals surface area contributed by atoms with Crippen LogP contribution in [0, 0.1) is 6.92 Å². The molecule has 0 amide bonds. The SMILES string of the molecule is CCOC(=O)c1c(C=O)c2sc(C)cc2n1Cc1ccc(Cl)c(Cl)c1. The van der Waals surface area contributed by atoms with Crippen molar-refractivity contribution in [2.75, 3.05) is 6.61 Å². The Labute approximate surface area is 158 Å². The normalized spacial score (nSPS) is 11.0. The van der Waals surface area contributed by atoms with Crippen LogP contribution in [0.4, 0.5) is 0 Å². The number of carbonyl (C=O) groups excluding carboxylic acids is 2. The third-order valence-corrected chi connectivity index (χ3v) is 5.62. The number of halogens is 2. The number of aryl methyl sites for hydroxylation is 1. The summed E-state index contributed by atoms with van der Waals surface area (Å²) in [4.78, 5) is 25.2. The molecule has 4 nitrogen and oxygen atoms in total. The smallest absolute Gasteiger partial charge is 0.355 e. The van der Waals surface area contributed by atoms with E-state index in [1.54, 1.807) is 23.6 Å². The fraction of sp³-hybridized carbons (Fsp3) is 0.222. The molecule has 0 saturated heterocycles. The minimum Gasteiger partial charge on any atom is -0.461 e. The second-order valence-corrected chi connectivity index (χ2v) is 7.58. The van der Waals surface area contributed by atoms with Crippen molar-refractivity contribution >= 4 is 57.0 Å². The summed E-state index contributed by atoms with van der Waals surface area (Å²) >= 11 is 13.6. The average Bonchev–Trinajstić information content (AvgIpc) is 3.07. The van der Waals surface area contributed by atoms with Gasteiger partial charge in [-0.15, -0.1) is 11.3 Å². The number of hydrogen-bond acceptors (Lipinski definition) is 4. The molecule has 0 saturated carbocycles. The van der Waals surface area contributed by atoms with Crippen molar-refractivity contribution in [3.63, 3.8) is 0 Å². The Balaban J connectivity index is 2.19. The maximum absolute atomic E-state index is 12.5. The van der Waals surface area contributed by atoms with Crippen LogP contribution in [0.25, 0.3) is 10.2 Å². The predicted octanol–water partition coefficient (Wildman–Crippen LogP) is 5.36. The lowest BCUT2D eigenvalue weighted by atomic mass is 10.2. The second-order valence-electron chi connectivity index (χ2n) is 5.51. The first-order valence-corrected chi connectivity index (χ1v) is 9.22. The highest BCUT2D eigenvalue weighted by atomic mass is 35.5. The Morgan fingerprint density at radius 2 is 2.04 bits per heavy atom. The second kappa shape index (κ2) is 7.20. The molecule has 25 heavy (non-hydrogen) atoms. The first-order valence-electron chi connectivity index (χ1n) is 7.65. The molecule has 0 bridgehead atoms. The summed E-state index contributed by atoms with van der Waals surface area (Å²) in [5.41, 5.74) is 2.34. The highest BCUT2D eigenvalue weighted by Gasteiger charge is 2.25. The standard InChI is InChI=1S/C18H15Cl2NO3S/c1-3-24-18(23)16-12(9-22)17-15(6-10(2)25-17)21(16)8-11-4-5-13(19)14(20)7-11/h4-7,9H,3,8H2,1-2H3. The Hall–Kier alpha value is -1.82. The van der Waals surface area contributed by atoms with Crippen LogP contribution in [-0.2, 0) is 11.3 Å². The van der Waals surface area contributed by atoms with Crippen LogP contribution in [0.2, 0.25) is 10.0 Å². The molecule has 2 aromatic heterocycles. The number of nitrogens with zero attached hydrogens (tertiary/aromatic N) is 1. The van der Waals surface area contributed by atoms with Crippen molar-refractivity contribution in [1.29, 1.82) is 0 Å². The molecule has 0 unspecified atom stereocenters. The lowest BCUT2D eigenvalue weighted by Gasteiger charge is -2.11. The van der Waals surface area contributed by atoms with Gasteiger partial charge in [-0.25, -0.2) is 4.79 Å². The van der Waals surface area contributed by atoms with Gasteiger partial charge in [-0.05, 0) is 37.6 Å². The molecule has 0 N–H and O–H groups in total. The van der Waals surface area contributed by atoms with Crippen LogP contribution in [0.5, 0.6) is 0 Å². The maximum Gasteiger partial charge on any atom is 0.355 e. The fourth-order valence-electron chi connectivity index (χ4n) is 2.78. The molecule has 0 aliphatic rings. The molecule has 0 radical (unpaired) electrons. The van der Waals surface area contributed by atoms with E-state index in [1.807, 2.05) is 19.1 Å². The first kappa shape index (κ1) is 18.0. The number of hydrogen-bond donors (Lipinski definition) is 0. The van der Waals surface area contributed by atoms with Crippen LogP contribution >= 0.6 is 34.5 Å². The summed E-state index contributed by atoms with van der Waals surface area (Å²) in [6.45, 7) is 4.32. The molecule has 0 fully saturated rings. The number of ether oxygens (including phenoxy) is 1. The molecular weight excluding hydrogens is 381 g/mol. The quantitative estimate of drug-likeness (QED) is 0.431. The summed E-state index contributed by atoms with van der Waals surface area (Å²) in [6, 6.07) is 7.27. The molecule has 130 valence electrons. The van der Waals surface area contributed by atoms with Gasteiger partial charge in [0, 0.05) is 11.4 Å². The minimum absolute atomic E-state index is 0.238. The number of aromatic nitrogens is 1.